The van der Waals surface area contributed by atoms with Gasteiger partial charge in [-0.3, -0.25) is 0 Å². The minimum atomic E-state index is 1.15. The van der Waals surface area contributed by atoms with Gasteiger partial charge < -0.3 is 4.98 Å². The lowest BCUT2D eigenvalue weighted by Gasteiger charge is -2.18. The summed E-state index contributed by atoms with van der Waals surface area (Å²) in [6.45, 7) is 0. The highest BCUT2D eigenvalue weighted by Gasteiger charge is 2.18. The minimum Gasteiger partial charge on any atom is -0.354 e. The van der Waals surface area contributed by atoms with Crippen molar-refractivity contribution in [3.63, 3.8) is 0 Å². The molecular weight excluding hydrogens is 687 g/mol. The second kappa shape index (κ2) is 12.5. The molecule has 0 bridgehead atoms. The number of aromatic nitrogens is 1. The number of nitrogens with one attached hydrogen (secondary N) is 1. The van der Waals surface area contributed by atoms with Gasteiger partial charge in [-0.1, -0.05) is 188 Å². The zero-order valence-electron chi connectivity index (χ0n) is 31.1. The van der Waals surface area contributed by atoms with E-state index in [2.05, 4.69) is 211 Å². The van der Waals surface area contributed by atoms with E-state index in [0.29, 0.717) is 0 Å². The first-order chi connectivity index (χ1) is 28.3. The first-order valence-electron chi connectivity index (χ1n) is 19.8. The summed E-state index contributed by atoms with van der Waals surface area (Å²) >= 11 is 0. The third-order valence-electron chi connectivity index (χ3n) is 12.2. The highest BCUT2D eigenvalue weighted by molar-refractivity contribution is 6.31. The Kier molecular flexibility index (Phi) is 7.00. The van der Waals surface area contributed by atoms with Crippen LogP contribution in [0.15, 0.2) is 206 Å². The number of hydrogen-bond donors (Lipinski definition) is 1. The number of hydrogen-bond acceptors (Lipinski definition) is 0. The fraction of sp³-hybridized carbons (Fsp3) is 0. The molecule has 0 saturated heterocycles. The van der Waals surface area contributed by atoms with E-state index >= 15 is 0 Å². The average molecular weight is 722 g/mol. The number of fused-ring (bicyclic) bond motifs is 11. The van der Waals surface area contributed by atoms with Gasteiger partial charge in [-0.2, -0.15) is 0 Å². The molecule has 0 aliphatic carbocycles. The van der Waals surface area contributed by atoms with Crippen LogP contribution in [-0.4, -0.2) is 4.98 Å². The number of rotatable bonds is 4. The van der Waals surface area contributed by atoms with Crippen LogP contribution in [0.3, 0.4) is 0 Å². The van der Waals surface area contributed by atoms with Gasteiger partial charge in [0.1, 0.15) is 0 Å². The van der Waals surface area contributed by atoms with Crippen molar-refractivity contribution in [3.05, 3.63) is 206 Å². The summed E-state index contributed by atoms with van der Waals surface area (Å²) in [4.78, 5) is 3.86. The molecule has 12 aromatic rings. The van der Waals surface area contributed by atoms with Crippen LogP contribution in [0, 0.1) is 0 Å². The Balaban J connectivity index is 0.996. The first kappa shape index (κ1) is 31.8. The topological polar surface area (TPSA) is 15.8 Å². The first-order valence-corrected chi connectivity index (χ1v) is 19.8. The summed E-state index contributed by atoms with van der Waals surface area (Å²) in [6, 6.07) is 75.9. The summed E-state index contributed by atoms with van der Waals surface area (Å²) in [5.41, 5.74) is 12.2. The third-order valence-corrected chi connectivity index (χ3v) is 12.2. The predicted molar refractivity (Wildman–Crippen MR) is 245 cm³/mol. The lowest BCUT2D eigenvalue weighted by molar-refractivity contribution is 1.55. The molecule has 57 heavy (non-hydrogen) atoms. The normalized spacial score (nSPS) is 11.9. The summed E-state index contributed by atoms with van der Waals surface area (Å²) in [5.74, 6) is 0. The highest BCUT2D eigenvalue weighted by Crippen LogP contribution is 2.45. The fourth-order valence-corrected chi connectivity index (χ4v) is 9.53. The molecule has 1 nitrogen and oxygen atoms in total. The van der Waals surface area contributed by atoms with Gasteiger partial charge in [0.2, 0.25) is 0 Å². The maximum atomic E-state index is 3.86. The van der Waals surface area contributed by atoms with Crippen LogP contribution >= 0.6 is 0 Å². The fourth-order valence-electron chi connectivity index (χ4n) is 9.53. The Labute approximate surface area is 330 Å². The standard InChI is InChI=1S/C56H35N/c1-2-13-38-32-40(29-26-35(38)12-1)36-24-27-37(28-25-36)53-46-19-6-8-21-48(46)54(49-22-9-7-20-47(49)53)42-15-11-14-39(33-42)41-30-31-51-52(34-41)57-56-50-23-10-4-17-44(50)43-16-3-5-18-45(43)55(51)56/h1-34,57H. The van der Waals surface area contributed by atoms with Crippen molar-refractivity contribution in [1.82, 2.24) is 4.98 Å². The summed E-state index contributed by atoms with van der Waals surface area (Å²) in [6.07, 6.45) is 0. The molecule has 0 aliphatic heterocycles. The van der Waals surface area contributed by atoms with Gasteiger partial charge in [0.15, 0.2) is 0 Å². The Morgan fingerprint density at radius 3 is 1.42 bits per heavy atom. The number of H-pyrrole nitrogens is 1. The van der Waals surface area contributed by atoms with Gasteiger partial charge in [-0.05, 0) is 111 Å². The van der Waals surface area contributed by atoms with E-state index < -0.39 is 0 Å². The maximum Gasteiger partial charge on any atom is 0.0551 e. The van der Waals surface area contributed by atoms with Crippen LogP contribution in [0.2, 0.25) is 0 Å². The molecule has 0 radical (unpaired) electrons. The molecule has 264 valence electrons. The average Bonchev–Trinajstić information content (AvgIpc) is 3.68. The molecule has 12 rings (SSSR count). The van der Waals surface area contributed by atoms with Crippen LogP contribution in [0.1, 0.15) is 0 Å². The molecule has 1 heterocycles. The summed E-state index contributed by atoms with van der Waals surface area (Å²) in [7, 11) is 0. The monoisotopic (exact) mass is 721 g/mol. The molecule has 0 saturated carbocycles. The van der Waals surface area contributed by atoms with Crippen molar-refractivity contribution < 1.29 is 0 Å². The van der Waals surface area contributed by atoms with E-state index in [1.165, 1.54) is 115 Å². The molecule has 0 spiro atoms. The van der Waals surface area contributed by atoms with Crippen LogP contribution in [-0.2, 0) is 0 Å². The molecule has 1 heteroatoms. The highest BCUT2D eigenvalue weighted by atomic mass is 14.7. The molecule has 11 aromatic carbocycles. The molecule has 1 aromatic heterocycles. The molecule has 0 amide bonds. The van der Waals surface area contributed by atoms with Gasteiger partial charge in [0.25, 0.3) is 0 Å². The van der Waals surface area contributed by atoms with E-state index in [0.717, 1.165) is 5.52 Å². The van der Waals surface area contributed by atoms with Gasteiger partial charge in [-0.25, -0.2) is 0 Å². The third kappa shape index (κ3) is 4.96. The second-order valence-corrected chi connectivity index (χ2v) is 15.3. The van der Waals surface area contributed by atoms with Crippen molar-refractivity contribution in [2.45, 2.75) is 0 Å². The lowest BCUT2D eigenvalue weighted by Crippen LogP contribution is -1.91. The molecule has 1 N–H and O–H groups in total. The van der Waals surface area contributed by atoms with Gasteiger partial charge in [-0.15, -0.1) is 0 Å². The quantitative estimate of drug-likeness (QED) is 0.138. The van der Waals surface area contributed by atoms with Crippen molar-refractivity contribution >= 4 is 75.7 Å². The molecule has 0 atom stereocenters. The van der Waals surface area contributed by atoms with Crippen LogP contribution in [0.4, 0.5) is 0 Å². The minimum absolute atomic E-state index is 1.15. The van der Waals surface area contributed by atoms with Gasteiger partial charge >= 0.3 is 0 Å². The Bertz CT molecular complexity index is 3510. The SMILES string of the molecule is c1cc(-c2ccc3c(c2)[nH]c2c4ccccc4c4ccccc4c32)cc(-c2c3ccccc3c(-c3ccc(-c4ccc5ccccc5c4)cc3)c3ccccc23)c1. The van der Waals surface area contributed by atoms with Gasteiger partial charge in [0, 0.05) is 21.7 Å². The lowest BCUT2D eigenvalue weighted by atomic mass is 9.85. The maximum absolute atomic E-state index is 3.86. The molecule has 0 fully saturated rings. The van der Waals surface area contributed by atoms with E-state index in [1.807, 2.05) is 0 Å². The van der Waals surface area contributed by atoms with E-state index in [4.69, 9.17) is 0 Å². The zero-order valence-corrected chi connectivity index (χ0v) is 31.1. The number of aromatic amines is 1. The Morgan fingerprint density at radius 2 is 0.719 bits per heavy atom. The largest absolute Gasteiger partial charge is 0.354 e. The van der Waals surface area contributed by atoms with Crippen LogP contribution in [0.5, 0.6) is 0 Å². The van der Waals surface area contributed by atoms with Gasteiger partial charge in [0.05, 0.1) is 5.52 Å². The summed E-state index contributed by atoms with van der Waals surface area (Å²) in [5, 5.41) is 15.2. The van der Waals surface area contributed by atoms with E-state index in [9.17, 15) is 0 Å². The molecule has 0 unspecified atom stereocenters. The van der Waals surface area contributed by atoms with Crippen LogP contribution < -0.4 is 0 Å². The van der Waals surface area contributed by atoms with E-state index in [-0.39, 0.29) is 0 Å². The number of benzene rings is 11. The second-order valence-electron chi connectivity index (χ2n) is 15.3. The predicted octanol–water partition coefficient (Wildman–Crippen LogP) is 15.8. The Hall–Kier alpha value is -7.48. The smallest absolute Gasteiger partial charge is 0.0551 e. The zero-order chi connectivity index (χ0) is 37.5. The molecular formula is C56H35N. The van der Waals surface area contributed by atoms with Crippen molar-refractivity contribution in [2.75, 3.05) is 0 Å². The van der Waals surface area contributed by atoms with Crippen molar-refractivity contribution in [2.24, 2.45) is 0 Å². The summed E-state index contributed by atoms with van der Waals surface area (Å²) < 4.78 is 0. The van der Waals surface area contributed by atoms with E-state index in [1.54, 1.807) is 0 Å². The van der Waals surface area contributed by atoms with Crippen LogP contribution in [0.25, 0.3) is 120 Å². The molecule has 0 aliphatic rings. The Morgan fingerprint density at radius 1 is 0.246 bits per heavy atom. The van der Waals surface area contributed by atoms with Crippen molar-refractivity contribution in [1.29, 1.82) is 0 Å². The van der Waals surface area contributed by atoms with Crippen molar-refractivity contribution in [3.8, 4) is 44.5 Å².